The maximum absolute atomic E-state index is 11.5. The van der Waals surface area contributed by atoms with Crippen LogP contribution in [0, 0.1) is 11.5 Å². The number of benzene rings is 1. The van der Waals surface area contributed by atoms with Crippen LogP contribution in [-0.2, 0) is 4.74 Å². The van der Waals surface area contributed by atoms with Crippen molar-refractivity contribution in [2.24, 2.45) is 0 Å². The normalized spacial score (nSPS) is 10.8. The molecule has 0 aliphatic heterocycles. The molecular weight excluding hydrogens is 266 g/mol. The van der Waals surface area contributed by atoms with Crippen LogP contribution in [-0.4, -0.2) is 26.1 Å². The molecule has 0 atom stereocenters. The van der Waals surface area contributed by atoms with Crippen LogP contribution in [0.1, 0.15) is 15.9 Å². The van der Waals surface area contributed by atoms with E-state index in [0.717, 1.165) is 16.5 Å². The SMILES string of the molecule is COC(=O)c1cnc2ccc(C#C[Si](C)(C)C)cc2c1. The van der Waals surface area contributed by atoms with Gasteiger partial charge in [-0.1, -0.05) is 25.6 Å². The van der Waals surface area contributed by atoms with Crippen molar-refractivity contribution in [3.8, 4) is 11.5 Å². The molecule has 1 aromatic heterocycles. The lowest BCUT2D eigenvalue weighted by atomic mass is 10.1. The second kappa shape index (κ2) is 5.47. The lowest BCUT2D eigenvalue weighted by Gasteiger charge is -2.04. The number of hydrogen-bond acceptors (Lipinski definition) is 3. The lowest BCUT2D eigenvalue weighted by Crippen LogP contribution is -2.16. The Morgan fingerprint density at radius 2 is 2.00 bits per heavy atom. The van der Waals surface area contributed by atoms with Crippen LogP contribution < -0.4 is 0 Å². The highest BCUT2D eigenvalue weighted by Gasteiger charge is 2.08. The van der Waals surface area contributed by atoms with E-state index in [1.54, 1.807) is 6.07 Å². The summed E-state index contributed by atoms with van der Waals surface area (Å²) in [6.45, 7) is 6.62. The van der Waals surface area contributed by atoms with E-state index in [4.69, 9.17) is 4.74 Å². The first-order valence-corrected chi connectivity index (χ1v) is 9.90. The van der Waals surface area contributed by atoms with Crippen molar-refractivity contribution in [3.05, 3.63) is 41.6 Å². The fourth-order valence-electron chi connectivity index (χ4n) is 1.70. The summed E-state index contributed by atoms with van der Waals surface area (Å²) in [4.78, 5) is 15.8. The van der Waals surface area contributed by atoms with E-state index in [9.17, 15) is 4.79 Å². The first kappa shape index (κ1) is 14.3. The molecule has 2 rings (SSSR count). The van der Waals surface area contributed by atoms with Gasteiger partial charge in [0.25, 0.3) is 0 Å². The quantitative estimate of drug-likeness (QED) is 0.458. The zero-order valence-electron chi connectivity index (χ0n) is 12.2. The smallest absolute Gasteiger partial charge is 0.339 e. The summed E-state index contributed by atoms with van der Waals surface area (Å²) in [6, 6.07) is 7.63. The maximum Gasteiger partial charge on any atom is 0.339 e. The van der Waals surface area contributed by atoms with Crippen molar-refractivity contribution in [3.63, 3.8) is 0 Å². The molecule has 0 aliphatic carbocycles. The van der Waals surface area contributed by atoms with Gasteiger partial charge in [-0.05, 0) is 24.3 Å². The fraction of sp³-hybridized carbons (Fsp3) is 0.250. The minimum absolute atomic E-state index is 0.377. The van der Waals surface area contributed by atoms with Crippen LogP contribution in [0.5, 0.6) is 0 Å². The fourth-order valence-corrected chi connectivity index (χ4v) is 2.22. The van der Waals surface area contributed by atoms with E-state index in [0.29, 0.717) is 5.56 Å². The number of hydrogen-bond donors (Lipinski definition) is 0. The number of nitrogens with zero attached hydrogens (tertiary/aromatic N) is 1. The summed E-state index contributed by atoms with van der Waals surface area (Å²) in [7, 11) is -0.0295. The summed E-state index contributed by atoms with van der Waals surface area (Å²) in [6.07, 6.45) is 1.53. The second-order valence-corrected chi connectivity index (χ2v) is 10.4. The van der Waals surface area contributed by atoms with Crippen molar-refractivity contribution < 1.29 is 9.53 Å². The highest BCUT2D eigenvalue weighted by molar-refractivity contribution is 6.83. The van der Waals surface area contributed by atoms with Crippen LogP contribution >= 0.6 is 0 Å². The zero-order valence-corrected chi connectivity index (χ0v) is 13.2. The molecule has 0 bridgehead atoms. The molecule has 0 saturated carbocycles. The van der Waals surface area contributed by atoms with Gasteiger partial charge in [0, 0.05) is 17.1 Å². The Kier molecular flexibility index (Phi) is 3.91. The van der Waals surface area contributed by atoms with E-state index in [-0.39, 0.29) is 5.97 Å². The van der Waals surface area contributed by atoms with Crippen molar-refractivity contribution in [2.75, 3.05) is 7.11 Å². The molecule has 0 amide bonds. The van der Waals surface area contributed by atoms with Gasteiger partial charge in [0.15, 0.2) is 0 Å². The van der Waals surface area contributed by atoms with Crippen molar-refractivity contribution in [1.29, 1.82) is 0 Å². The predicted molar refractivity (Wildman–Crippen MR) is 83.3 cm³/mol. The second-order valence-electron chi connectivity index (χ2n) is 5.62. The lowest BCUT2D eigenvalue weighted by molar-refractivity contribution is 0.0600. The Morgan fingerprint density at radius 3 is 2.65 bits per heavy atom. The third-order valence-corrected chi connectivity index (χ3v) is 3.56. The average Bonchev–Trinajstić information content (AvgIpc) is 2.42. The van der Waals surface area contributed by atoms with E-state index in [2.05, 4.69) is 36.1 Å². The van der Waals surface area contributed by atoms with E-state index < -0.39 is 8.07 Å². The van der Waals surface area contributed by atoms with Gasteiger partial charge in [-0.2, -0.15) is 0 Å². The Hall–Kier alpha value is -2.12. The molecule has 4 heteroatoms. The standard InChI is InChI=1S/C16H17NO2Si/c1-19-16(18)14-10-13-9-12(7-8-20(2,3)4)5-6-15(13)17-11-14/h5-6,9-11H,1-4H3. The van der Waals surface area contributed by atoms with E-state index >= 15 is 0 Å². The molecule has 0 saturated heterocycles. The van der Waals surface area contributed by atoms with Gasteiger partial charge in [-0.15, -0.1) is 5.54 Å². The molecule has 2 aromatic rings. The number of pyridine rings is 1. The molecule has 0 unspecified atom stereocenters. The molecular formula is C16H17NO2Si. The van der Waals surface area contributed by atoms with Gasteiger partial charge < -0.3 is 4.74 Å². The molecule has 0 fully saturated rings. The molecule has 1 heterocycles. The van der Waals surface area contributed by atoms with Gasteiger partial charge in [0.05, 0.1) is 18.2 Å². The van der Waals surface area contributed by atoms with Crippen LogP contribution in [0.4, 0.5) is 0 Å². The van der Waals surface area contributed by atoms with Gasteiger partial charge in [-0.3, -0.25) is 4.98 Å². The van der Waals surface area contributed by atoms with Gasteiger partial charge >= 0.3 is 5.97 Å². The van der Waals surface area contributed by atoms with Crippen LogP contribution in [0.25, 0.3) is 10.9 Å². The summed E-state index contributed by atoms with van der Waals surface area (Å²) in [5.41, 5.74) is 5.57. The molecule has 0 aliphatic rings. The van der Waals surface area contributed by atoms with Crippen LogP contribution in [0.3, 0.4) is 0 Å². The Balaban J connectivity index is 2.46. The number of fused-ring (bicyclic) bond motifs is 1. The minimum atomic E-state index is -1.39. The first-order chi connectivity index (χ1) is 9.39. The molecule has 20 heavy (non-hydrogen) atoms. The van der Waals surface area contributed by atoms with E-state index in [1.165, 1.54) is 13.3 Å². The summed E-state index contributed by atoms with van der Waals surface area (Å²) < 4.78 is 4.71. The minimum Gasteiger partial charge on any atom is -0.465 e. The Morgan fingerprint density at radius 1 is 1.25 bits per heavy atom. The third kappa shape index (κ3) is 3.46. The highest BCUT2D eigenvalue weighted by atomic mass is 28.3. The third-order valence-electron chi connectivity index (χ3n) is 2.68. The number of carbonyl (C=O) groups excluding carboxylic acids is 1. The summed E-state index contributed by atoms with van der Waals surface area (Å²) in [5, 5.41) is 0.898. The number of esters is 1. The number of aromatic nitrogens is 1. The molecule has 0 radical (unpaired) electrons. The number of methoxy groups -OCH3 is 1. The molecule has 1 aromatic carbocycles. The summed E-state index contributed by atoms with van der Waals surface area (Å²) in [5.74, 6) is 2.83. The van der Waals surface area contributed by atoms with Gasteiger partial charge in [0.2, 0.25) is 0 Å². The van der Waals surface area contributed by atoms with Crippen molar-refractivity contribution >= 4 is 24.9 Å². The number of ether oxygens (including phenoxy) is 1. The average molecular weight is 283 g/mol. The van der Waals surface area contributed by atoms with Crippen LogP contribution in [0.15, 0.2) is 30.5 Å². The Bertz CT molecular complexity index is 721. The first-order valence-electron chi connectivity index (χ1n) is 6.40. The molecule has 3 nitrogen and oxygen atoms in total. The zero-order chi connectivity index (χ0) is 14.8. The topological polar surface area (TPSA) is 39.2 Å². The highest BCUT2D eigenvalue weighted by Crippen LogP contribution is 2.16. The Labute approximate surface area is 120 Å². The van der Waals surface area contributed by atoms with Crippen molar-refractivity contribution in [1.82, 2.24) is 4.98 Å². The van der Waals surface area contributed by atoms with Gasteiger partial charge in [0.1, 0.15) is 8.07 Å². The molecule has 102 valence electrons. The monoisotopic (exact) mass is 283 g/mol. The molecule has 0 N–H and O–H groups in total. The molecule has 0 spiro atoms. The van der Waals surface area contributed by atoms with Gasteiger partial charge in [-0.25, -0.2) is 4.79 Å². The number of carbonyl (C=O) groups is 1. The number of rotatable bonds is 1. The largest absolute Gasteiger partial charge is 0.465 e. The van der Waals surface area contributed by atoms with Crippen LogP contribution in [0.2, 0.25) is 19.6 Å². The van der Waals surface area contributed by atoms with Crippen molar-refractivity contribution in [2.45, 2.75) is 19.6 Å². The maximum atomic E-state index is 11.5. The predicted octanol–water partition coefficient (Wildman–Crippen LogP) is 3.25. The summed E-state index contributed by atoms with van der Waals surface area (Å²) >= 11 is 0. The van der Waals surface area contributed by atoms with E-state index in [1.807, 2.05) is 18.2 Å².